The second kappa shape index (κ2) is 2.48. The number of benzene rings is 1. The quantitative estimate of drug-likeness (QED) is 0.596. The molecule has 0 atom stereocenters. The van der Waals surface area contributed by atoms with Gasteiger partial charge in [-0.1, -0.05) is 6.07 Å². The average Bonchev–Trinajstić information content (AvgIpc) is 2.07. The van der Waals surface area contributed by atoms with Gasteiger partial charge < -0.3 is 5.73 Å². The van der Waals surface area contributed by atoms with E-state index in [1.807, 2.05) is 37.4 Å². The number of anilines is 1. The van der Waals surface area contributed by atoms with Crippen molar-refractivity contribution in [1.29, 1.82) is 0 Å². The largest absolute Gasteiger partial charge is 0.399 e. The summed E-state index contributed by atoms with van der Waals surface area (Å²) in [5.74, 6) is 0. The molecule has 1 heterocycles. The van der Waals surface area contributed by atoms with Crippen LogP contribution >= 0.6 is 0 Å². The van der Waals surface area contributed by atoms with Crippen molar-refractivity contribution >= 4 is 16.5 Å². The van der Waals surface area contributed by atoms with Crippen LogP contribution in [0.5, 0.6) is 0 Å². The Hall–Kier alpha value is -1.57. The first kappa shape index (κ1) is 7.10. The van der Waals surface area contributed by atoms with Crippen molar-refractivity contribution in [1.82, 2.24) is 4.98 Å². The van der Waals surface area contributed by atoms with Gasteiger partial charge in [-0.2, -0.15) is 0 Å². The molecule has 2 N–H and O–H groups in total. The van der Waals surface area contributed by atoms with E-state index in [9.17, 15) is 0 Å². The molecule has 2 rings (SSSR count). The monoisotopic (exact) mass is 158 g/mol. The number of rotatable bonds is 0. The second-order valence-corrected chi connectivity index (χ2v) is 2.88. The molecule has 12 heavy (non-hydrogen) atoms. The molecule has 1 aromatic carbocycles. The first-order valence-corrected chi connectivity index (χ1v) is 3.88. The molecule has 1 aromatic heterocycles. The maximum Gasteiger partial charge on any atom is 0.0451 e. The van der Waals surface area contributed by atoms with E-state index in [2.05, 4.69) is 4.98 Å². The van der Waals surface area contributed by atoms with Crippen molar-refractivity contribution < 1.29 is 0 Å². The van der Waals surface area contributed by atoms with Crippen molar-refractivity contribution in [3.8, 4) is 0 Å². The summed E-state index contributed by atoms with van der Waals surface area (Å²) in [6.45, 7) is 1.99. The lowest BCUT2D eigenvalue weighted by Gasteiger charge is -2.00. The van der Waals surface area contributed by atoms with E-state index >= 15 is 0 Å². The first-order chi connectivity index (χ1) is 5.77. The Balaban J connectivity index is 2.88. The third kappa shape index (κ3) is 1.01. The highest BCUT2D eigenvalue weighted by Gasteiger charge is 1.96. The van der Waals surface area contributed by atoms with Gasteiger partial charge in [0.05, 0.1) is 0 Å². The summed E-state index contributed by atoms with van der Waals surface area (Å²) in [7, 11) is 0. The molecule has 0 fully saturated rings. The van der Waals surface area contributed by atoms with Crippen molar-refractivity contribution in [2.75, 3.05) is 5.73 Å². The van der Waals surface area contributed by atoms with E-state index in [4.69, 9.17) is 5.73 Å². The minimum atomic E-state index is 0.790. The minimum Gasteiger partial charge on any atom is -0.399 e. The van der Waals surface area contributed by atoms with Crippen LogP contribution in [0.4, 0.5) is 5.69 Å². The third-order valence-corrected chi connectivity index (χ3v) is 1.99. The van der Waals surface area contributed by atoms with Gasteiger partial charge in [0.25, 0.3) is 0 Å². The molecule has 0 saturated heterocycles. The summed E-state index contributed by atoms with van der Waals surface area (Å²) in [5, 5.41) is 2.33. The van der Waals surface area contributed by atoms with Gasteiger partial charge in [0, 0.05) is 23.0 Å². The number of hydrogen-bond acceptors (Lipinski definition) is 2. The molecule has 0 aliphatic carbocycles. The minimum absolute atomic E-state index is 0.790. The van der Waals surface area contributed by atoms with Crippen molar-refractivity contribution in [3.63, 3.8) is 0 Å². The van der Waals surface area contributed by atoms with Crippen molar-refractivity contribution in [2.24, 2.45) is 0 Å². The molecule has 0 aliphatic rings. The zero-order chi connectivity index (χ0) is 8.55. The number of nitrogens with zero attached hydrogens (tertiary/aromatic N) is 1. The normalized spacial score (nSPS) is 10.4. The molecule has 2 nitrogen and oxygen atoms in total. The number of nitrogens with two attached hydrogens (primary N) is 1. The maximum absolute atomic E-state index is 5.66. The van der Waals surface area contributed by atoms with Gasteiger partial charge >= 0.3 is 0 Å². The van der Waals surface area contributed by atoms with Crippen molar-refractivity contribution in [2.45, 2.75) is 6.92 Å². The molecule has 0 aliphatic heterocycles. The van der Waals surface area contributed by atoms with Crippen LogP contribution in [0.1, 0.15) is 5.69 Å². The van der Waals surface area contributed by atoms with Crippen LogP contribution in [0.3, 0.4) is 0 Å². The predicted molar refractivity (Wildman–Crippen MR) is 50.9 cm³/mol. The lowest BCUT2D eigenvalue weighted by Crippen LogP contribution is -1.87. The molecule has 2 heteroatoms. The van der Waals surface area contributed by atoms with E-state index < -0.39 is 0 Å². The Morgan fingerprint density at radius 2 is 2.08 bits per heavy atom. The highest BCUT2D eigenvalue weighted by atomic mass is 14.7. The van der Waals surface area contributed by atoms with E-state index in [0.717, 1.165) is 16.8 Å². The number of hydrogen-bond donors (Lipinski definition) is 1. The molecule has 60 valence electrons. The number of pyridine rings is 1. The Kier molecular flexibility index (Phi) is 1.47. The topological polar surface area (TPSA) is 38.9 Å². The molecule has 0 spiro atoms. The van der Waals surface area contributed by atoms with Crippen LogP contribution in [0, 0.1) is 6.92 Å². The van der Waals surface area contributed by atoms with Crippen LogP contribution in [-0.4, -0.2) is 4.98 Å². The summed E-state index contributed by atoms with van der Waals surface area (Å²) < 4.78 is 0. The second-order valence-electron chi connectivity index (χ2n) is 2.88. The standard InChI is InChI=1S/C10H10N2/c1-7-10-6-9(11)3-2-8(10)4-5-12-7/h2-6H,11H2,1H3. The van der Waals surface area contributed by atoms with Crippen molar-refractivity contribution in [3.05, 3.63) is 36.2 Å². The number of aromatic nitrogens is 1. The highest BCUT2D eigenvalue weighted by Crippen LogP contribution is 2.18. The molecule has 0 saturated carbocycles. The van der Waals surface area contributed by atoms with E-state index in [1.54, 1.807) is 0 Å². The van der Waals surface area contributed by atoms with Gasteiger partial charge in [-0.25, -0.2) is 0 Å². The first-order valence-electron chi connectivity index (χ1n) is 3.88. The molecule has 0 radical (unpaired) electrons. The molecule has 2 aromatic rings. The average molecular weight is 158 g/mol. The van der Waals surface area contributed by atoms with Crippen LogP contribution < -0.4 is 5.73 Å². The van der Waals surface area contributed by atoms with E-state index in [-0.39, 0.29) is 0 Å². The lowest BCUT2D eigenvalue weighted by atomic mass is 10.1. The summed E-state index contributed by atoms with van der Waals surface area (Å²) >= 11 is 0. The van der Waals surface area contributed by atoms with Crippen LogP contribution in [0.25, 0.3) is 10.8 Å². The Morgan fingerprint density at radius 3 is 2.92 bits per heavy atom. The SMILES string of the molecule is Cc1nccc2ccc(N)cc12. The van der Waals surface area contributed by atoms with Gasteiger partial charge in [0.2, 0.25) is 0 Å². The van der Waals surface area contributed by atoms with Gasteiger partial charge in [-0.15, -0.1) is 0 Å². The molecule has 0 bridgehead atoms. The fourth-order valence-electron chi connectivity index (χ4n) is 1.33. The zero-order valence-corrected chi connectivity index (χ0v) is 6.91. The molecular weight excluding hydrogens is 148 g/mol. The van der Waals surface area contributed by atoms with Gasteiger partial charge in [0.15, 0.2) is 0 Å². The van der Waals surface area contributed by atoms with Gasteiger partial charge in [-0.05, 0) is 30.5 Å². The number of fused-ring (bicyclic) bond motifs is 1. The highest BCUT2D eigenvalue weighted by molar-refractivity contribution is 5.86. The Morgan fingerprint density at radius 1 is 1.25 bits per heavy atom. The third-order valence-electron chi connectivity index (χ3n) is 1.99. The molecule has 0 amide bonds. The fraction of sp³-hybridized carbons (Fsp3) is 0.100. The summed E-state index contributed by atoms with van der Waals surface area (Å²) in [6.07, 6.45) is 1.81. The Labute approximate surface area is 71.0 Å². The summed E-state index contributed by atoms with van der Waals surface area (Å²) in [4.78, 5) is 4.19. The smallest absolute Gasteiger partial charge is 0.0451 e. The fourth-order valence-corrected chi connectivity index (χ4v) is 1.33. The van der Waals surface area contributed by atoms with Crippen LogP contribution in [-0.2, 0) is 0 Å². The summed E-state index contributed by atoms with van der Waals surface area (Å²) in [6, 6.07) is 7.86. The van der Waals surface area contributed by atoms with Crippen LogP contribution in [0.2, 0.25) is 0 Å². The zero-order valence-electron chi connectivity index (χ0n) is 6.91. The predicted octanol–water partition coefficient (Wildman–Crippen LogP) is 2.13. The molecular formula is C10H10N2. The lowest BCUT2D eigenvalue weighted by molar-refractivity contribution is 1.24. The Bertz CT molecular complexity index is 421. The number of nitrogen functional groups attached to an aromatic ring is 1. The maximum atomic E-state index is 5.66. The van der Waals surface area contributed by atoms with E-state index in [1.165, 1.54) is 5.39 Å². The number of aryl methyl sites for hydroxylation is 1. The van der Waals surface area contributed by atoms with E-state index in [0.29, 0.717) is 0 Å². The summed E-state index contributed by atoms with van der Waals surface area (Å²) in [5.41, 5.74) is 7.48. The van der Waals surface area contributed by atoms with Gasteiger partial charge in [0.1, 0.15) is 0 Å². The van der Waals surface area contributed by atoms with Gasteiger partial charge in [-0.3, -0.25) is 4.98 Å². The van der Waals surface area contributed by atoms with Crippen LogP contribution in [0.15, 0.2) is 30.5 Å². The molecule has 0 unspecified atom stereocenters.